The highest BCUT2D eigenvalue weighted by Crippen LogP contribution is 2.33. The van der Waals surface area contributed by atoms with Gasteiger partial charge in [-0.15, -0.1) is 0 Å². The van der Waals surface area contributed by atoms with Crippen molar-refractivity contribution in [1.82, 2.24) is 0 Å². The molecule has 0 aliphatic carbocycles. The van der Waals surface area contributed by atoms with Gasteiger partial charge >= 0.3 is 0 Å². The summed E-state index contributed by atoms with van der Waals surface area (Å²) in [4.78, 5) is 0. The fraction of sp³-hybridized carbons (Fsp3) is 0.143. The maximum Gasteiger partial charge on any atom is 0.200 e. The van der Waals surface area contributed by atoms with Crippen LogP contribution in [0.2, 0.25) is 0 Å². The number of ether oxygens (including phenoxy) is 1. The Morgan fingerprint density at radius 3 is 1.75 bits per heavy atom. The molecule has 0 fully saturated rings. The molecule has 0 saturated carbocycles. The van der Waals surface area contributed by atoms with Crippen LogP contribution in [0.1, 0.15) is 5.56 Å². The van der Waals surface area contributed by atoms with E-state index in [0.29, 0.717) is 5.56 Å². The largest absolute Gasteiger partial charge is 0.497 e. The maximum absolute atomic E-state index is 13.7. The molecule has 2 rings (SSSR count). The molecule has 0 aliphatic heterocycles. The number of rotatable bonds is 2. The zero-order chi connectivity index (χ0) is 15.0. The van der Waals surface area contributed by atoms with Gasteiger partial charge in [-0.1, -0.05) is 6.07 Å². The van der Waals surface area contributed by atoms with E-state index < -0.39 is 34.6 Å². The second kappa shape index (κ2) is 5.11. The Labute approximate surface area is 111 Å². The highest BCUT2D eigenvalue weighted by molar-refractivity contribution is 5.68. The Balaban J connectivity index is 2.79. The van der Waals surface area contributed by atoms with Gasteiger partial charge in [-0.3, -0.25) is 0 Å². The molecule has 0 heterocycles. The summed E-state index contributed by atoms with van der Waals surface area (Å²) in [6.45, 7) is 1.61. The van der Waals surface area contributed by atoms with E-state index in [0.717, 1.165) is 0 Å². The molecule has 0 aliphatic rings. The van der Waals surface area contributed by atoms with E-state index in [9.17, 15) is 22.0 Å². The lowest BCUT2D eigenvalue weighted by Crippen LogP contribution is -2.04. The van der Waals surface area contributed by atoms with E-state index in [2.05, 4.69) is 0 Å². The van der Waals surface area contributed by atoms with Crippen molar-refractivity contribution >= 4 is 0 Å². The minimum Gasteiger partial charge on any atom is -0.497 e. The van der Waals surface area contributed by atoms with Crippen LogP contribution < -0.4 is 4.74 Å². The van der Waals surface area contributed by atoms with Gasteiger partial charge in [-0.2, -0.15) is 0 Å². The van der Waals surface area contributed by atoms with Gasteiger partial charge in [0.2, 0.25) is 5.82 Å². The third-order valence-electron chi connectivity index (χ3n) is 2.79. The summed E-state index contributed by atoms with van der Waals surface area (Å²) in [5.74, 6) is -9.60. The van der Waals surface area contributed by atoms with E-state index in [1.807, 2.05) is 0 Å². The first-order valence-corrected chi connectivity index (χ1v) is 5.54. The number of hydrogen-bond donors (Lipinski definition) is 0. The third-order valence-corrected chi connectivity index (χ3v) is 2.79. The Morgan fingerprint density at radius 2 is 1.25 bits per heavy atom. The Bertz CT molecular complexity index is 653. The average molecular weight is 288 g/mol. The predicted molar refractivity (Wildman–Crippen MR) is 63.0 cm³/mol. The number of halogens is 5. The van der Waals surface area contributed by atoms with Crippen LogP contribution in [0.25, 0.3) is 11.1 Å². The first-order valence-electron chi connectivity index (χ1n) is 5.54. The van der Waals surface area contributed by atoms with Crippen molar-refractivity contribution in [3.05, 3.63) is 52.8 Å². The van der Waals surface area contributed by atoms with Crippen LogP contribution >= 0.6 is 0 Å². The van der Waals surface area contributed by atoms with E-state index in [1.54, 1.807) is 13.0 Å². The molecule has 2 aromatic rings. The molecule has 0 bridgehead atoms. The van der Waals surface area contributed by atoms with Gasteiger partial charge in [0.25, 0.3) is 0 Å². The summed E-state index contributed by atoms with van der Waals surface area (Å²) < 4.78 is 71.6. The molecule has 2 aromatic carbocycles. The van der Waals surface area contributed by atoms with Crippen LogP contribution in [-0.2, 0) is 0 Å². The molecule has 0 spiro atoms. The zero-order valence-corrected chi connectivity index (χ0v) is 10.5. The zero-order valence-electron chi connectivity index (χ0n) is 10.5. The van der Waals surface area contributed by atoms with Crippen molar-refractivity contribution in [2.24, 2.45) is 0 Å². The molecule has 0 aromatic heterocycles. The topological polar surface area (TPSA) is 9.23 Å². The van der Waals surface area contributed by atoms with E-state index >= 15 is 0 Å². The van der Waals surface area contributed by atoms with Crippen LogP contribution in [0.4, 0.5) is 22.0 Å². The second-order valence-corrected chi connectivity index (χ2v) is 4.18. The van der Waals surface area contributed by atoms with Gasteiger partial charge in [0.1, 0.15) is 5.75 Å². The summed E-state index contributed by atoms with van der Waals surface area (Å²) in [6, 6.07) is 4.07. The van der Waals surface area contributed by atoms with Crippen molar-refractivity contribution < 1.29 is 26.7 Å². The maximum atomic E-state index is 13.7. The standard InChI is InChI=1S/C14H9F5O/c1-6-3-7(5-8(4-6)20-2)9-10(15)12(17)14(19)13(18)11(9)16/h3-5H,1-2H3. The van der Waals surface area contributed by atoms with Crippen molar-refractivity contribution in [2.75, 3.05) is 7.11 Å². The van der Waals surface area contributed by atoms with Crippen LogP contribution in [0.15, 0.2) is 18.2 Å². The van der Waals surface area contributed by atoms with Crippen LogP contribution in [-0.4, -0.2) is 7.11 Å². The van der Waals surface area contributed by atoms with Crippen molar-refractivity contribution in [1.29, 1.82) is 0 Å². The highest BCUT2D eigenvalue weighted by Gasteiger charge is 2.26. The van der Waals surface area contributed by atoms with Gasteiger partial charge in [0.15, 0.2) is 23.3 Å². The van der Waals surface area contributed by atoms with E-state index in [4.69, 9.17) is 4.74 Å². The predicted octanol–water partition coefficient (Wildman–Crippen LogP) is 4.37. The lowest BCUT2D eigenvalue weighted by Gasteiger charge is -2.10. The van der Waals surface area contributed by atoms with Crippen molar-refractivity contribution in [2.45, 2.75) is 6.92 Å². The van der Waals surface area contributed by atoms with E-state index in [-0.39, 0.29) is 11.3 Å². The van der Waals surface area contributed by atoms with Gasteiger partial charge in [0, 0.05) is 0 Å². The lowest BCUT2D eigenvalue weighted by atomic mass is 10.0. The molecular formula is C14H9F5O. The molecule has 0 unspecified atom stereocenters. The monoisotopic (exact) mass is 288 g/mol. The normalized spacial score (nSPS) is 10.8. The molecule has 20 heavy (non-hydrogen) atoms. The van der Waals surface area contributed by atoms with Gasteiger partial charge in [-0.05, 0) is 30.2 Å². The molecule has 0 amide bonds. The molecule has 0 radical (unpaired) electrons. The van der Waals surface area contributed by atoms with Gasteiger partial charge in [-0.25, -0.2) is 22.0 Å². The number of hydrogen-bond acceptors (Lipinski definition) is 1. The quantitative estimate of drug-likeness (QED) is 0.453. The third kappa shape index (κ3) is 2.21. The van der Waals surface area contributed by atoms with Crippen molar-refractivity contribution in [3.63, 3.8) is 0 Å². The summed E-state index contributed by atoms with van der Waals surface area (Å²) in [6.07, 6.45) is 0. The molecular weight excluding hydrogens is 279 g/mol. The van der Waals surface area contributed by atoms with Crippen LogP contribution in [0.5, 0.6) is 5.75 Å². The second-order valence-electron chi connectivity index (χ2n) is 4.18. The molecule has 1 nitrogen and oxygen atoms in total. The van der Waals surface area contributed by atoms with Crippen LogP contribution in [0.3, 0.4) is 0 Å². The molecule has 106 valence electrons. The van der Waals surface area contributed by atoms with Gasteiger partial charge < -0.3 is 4.74 Å². The average Bonchev–Trinajstić information content (AvgIpc) is 2.42. The SMILES string of the molecule is COc1cc(C)cc(-c2c(F)c(F)c(F)c(F)c2F)c1. The summed E-state index contributed by atoms with van der Waals surface area (Å²) in [5, 5.41) is 0. The number of methoxy groups -OCH3 is 1. The summed E-state index contributed by atoms with van der Waals surface area (Å²) in [5.41, 5.74) is -0.554. The minimum absolute atomic E-state index is 0.144. The summed E-state index contributed by atoms with van der Waals surface area (Å²) in [7, 11) is 1.33. The first kappa shape index (κ1) is 14.3. The first-order chi connectivity index (χ1) is 9.36. The number of aryl methyl sites for hydroxylation is 1. The molecule has 6 heteroatoms. The van der Waals surface area contributed by atoms with E-state index in [1.165, 1.54) is 19.2 Å². The number of benzene rings is 2. The fourth-order valence-corrected chi connectivity index (χ4v) is 1.87. The lowest BCUT2D eigenvalue weighted by molar-refractivity contribution is 0.381. The molecule has 0 atom stereocenters. The molecule has 0 saturated heterocycles. The Kier molecular flexibility index (Phi) is 3.65. The summed E-state index contributed by atoms with van der Waals surface area (Å²) >= 11 is 0. The highest BCUT2D eigenvalue weighted by atomic mass is 19.2. The van der Waals surface area contributed by atoms with Crippen LogP contribution in [0, 0.1) is 36.0 Å². The minimum atomic E-state index is -2.18. The molecule has 0 N–H and O–H groups in total. The Hall–Kier alpha value is -2.11. The van der Waals surface area contributed by atoms with Crippen molar-refractivity contribution in [3.8, 4) is 16.9 Å². The fourth-order valence-electron chi connectivity index (χ4n) is 1.87. The smallest absolute Gasteiger partial charge is 0.200 e. The Morgan fingerprint density at radius 1 is 0.750 bits per heavy atom. The van der Waals surface area contributed by atoms with Gasteiger partial charge in [0.05, 0.1) is 12.7 Å².